The topological polar surface area (TPSA) is 88.0 Å². The summed E-state index contributed by atoms with van der Waals surface area (Å²) in [6.07, 6.45) is 3.82. The molecule has 0 spiro atoms. The minimum Gasteiger partial charge on any atom is -0.497 e. The van der Waals surface area contributed by atoms with Gasteiger partial charge in [0.25, 0.3) is 0 Å². The summed E-state index contributed by atoms with van der Waals surface area (Å²) in [7, 11) is -2.29. The van der Waals surface area contributed by atoms with Crippen molar-refractivity contribution in [2.45, 2.75) is 37.8 Å². The van der Waals surface area contributed by atoms with E-state index < -0.39 is 16.1 Å². The monoisotopic (exact) mass is 523 g/mol. The number of sulfonamides is 1. The molecule has 1 unspecified atom stereocenters. The number of amides is 1. The summed E-state index contributed by atoms with van der Waals surface area (Å²) in [5.74, 6) is 1.49. The predicted octanol–water partition coefficient (Wildman–Crippen LogP) is 2.99. The van der Waals surface area contributed by atoms with Crippen LogP contribution in [0.4, 0.5) is 5.82 Å². The highest BCUT2D eigenvalue weighted by atomic mass is 32.2. The van der Waals surface area contributed by atoms with Crippen LogP contribution in [0, 0.1) is 13.8 Å². The molecule has 0 aliphatic carbocycles. The summed E-state index contributed by atoms with van der Waals surface area (Å²) in [5, 5.41) is 0. The second-order valence-electron chi connectivity index (χ2n) is 9.61. The summed E-state index contributed by atoms with van der Waals surface area (Å²) in [5.41, 5.74) is 2.11. The molecule has 0 radical (unpaired) electrons. The number of hydrogen-bond acceptors (Lipinski definition) is 6. The highest BCUT2D eigenvalue weighted by Gasteiger charge is 2.40. The first-order chi connectivity index (χ1) is 17.8. The van der Waals surface area contributed by atoms with Crippen molar-refractivity contribution < 1.29 is 17.9 Å². The van der Waals surface area contributed by atoms with Crippen LogP contribution < -0.4 is 9.64 Å². The Bertz CT molecular complexity index is 1360. The summed E-state index contributed by atoms with van der Waals surface area (Å²) < 4.78 is 37.0. The zero-order chi connectivity index (χ0) is 26.2. The molecule has 2 aliphatic heterocycles. The van der Waals surface area contributed by atoms with E-state index in [1.807, 2.05) is 41.4 Å². The molecule has 3 aromatic rings. The first-order valence-corrected chi connectivity index (χ1v) is 14.0. The Morgan fingerprint density at radius 2 is 1.73 bits per heavy atom. The fourth-order valence-corrected chi connectivity index (χ4v) is 7.52. The largest absolute Gasteiger partial charge is 0.497 e. The smallest absolute Gasteiger partial charge is 0.244 e. The minimum absolute atomic E-state index is 0.0382. The number of anilines is 1. The van der Waals surface area contributed by atoms with Crippen LogP contribution in [0.5, 0.6) is 5.75 Å². The van der Waals surface area contributed by atoms with Gasteiger partial charge in [0.05, 0.1) is 18.0 Å². The molecule has 2 aromatic heterocycles. The molecule has 2 aliphatic rings. The molecule has 0 N–H and O–H groups in total. The SMILES string of the molecule is COc1cc(C)c(S(=O)(=O)N2CCn3cccc3C2CC(=O)N2CCN(c3ccccn3)CC2)c(C)c1. The number of nitrogens with zero attached hydrogens (tertiary/aromatic N) is 5. The van der Waals surface area contributed by atoms with Gasteiger partial charge in [-0.15, -0.1) is 0 Å². The Balaban J connectivity index is 1.38. The van der Waals surface area contributed by atoms with Gasteiger partial charge in [0.1, 0.15) is 11.6 Å². The number of ether oxygens (including phenoxy) is 1. The molecule has 1 aromatic carbocycles. The van der Waals surface area contributed by atoms with Crippen LogP contribution in [0.3, 0.4) is 0 Å². The van der Waals surface area contributed by atoms with Crippen LogP contribution in [0.25, 0.3) is 0 Å². The Morgan fingerprint density at radius 1 is 1.00 bits per heavy atom. The molecule has 37 heavy (non-hydrogen) atoms. The van der Waals surface area contributed by atoms with Crippen LogP contribution in [-0.4, -0.2) is 72.9 Å². The van der Waals surface area contributed by atoms with Crippen molar-refractivity contribution in [1.82, 2.24) is 18.8 Å². The number of carbonyl (C=O) groups is 1. The quantitative estimate of drug-likeness (QED) is 0.494. The zero-order valence-electron chi connectivity index (χ0n) is 21.5. The lowest BCUT2D eigenvalue weighted by molar-refractivity contribution is -0.132. The number of fused-ring (bicyclic) bond motifs is 1. The van der Waals surface area contributed by atoms with E-state index in [0.717, 1.165) is 11.5 Å². The molecule has 9 nitrogen and oxygen atoms in total. The van der Waals surface area contributed by atoms with Crippen LogP contribution in [0.15, 0.2) is 59.8 Å². The summed E-state index contributed by atoms with van der Waals surface area (Å²) in [4.78, 5) is 22.2. The Morgan fingerprint density at radius 3 is 2.38 bits per heavy atom. The van der Waals surface area contributed by atoms with Gasteiger partial charge in [-0.1, -0.05) is 6.07 Å². The molecular formula is C27H33N5O4S. The fourth-order valence-electron chi connectivity index (χ4n) is 5.51. The van der Waals surface area contributed by atoms with E-state index in [-0.39, 0.29) is 17.2 Å². The number of carbonyl (C=O) groups excluding carboxylic acids is 1. The average Bonchev–Trinajstić information content (AvgIpc) is 3.38. The van der Waals surface area contributed by atoms with Gasteiger partial charge in [0.15, 0.2) is 0 Å². The molecule has 1 fully saturated rings. The van der Waals surface area contributed by atoms with Crippen molar-refractivity contribution >= 4 is 21.7 Å². The summed E-state index contributed by atoms with van der Waals surface area (Å²) >= 11 is 0. The second kappa shape index (κ2) is 10.2. The van der Waals surface area contributed by atoms with Gasteiger partial charge in [0, 0.05) is 63.8 Å². The van der Waals surface area contributed by atoms with Crippen LogP contribution >= 0.6 is 0 Å². The maximum Gasteiger partial charge on any atom is 0.244 e. The van der Waals surface area contributed by atoms with E-state index in [1.165, 1.54) is 4.31 Å². The highest BCUT2D eigenvalue weighted by Crippen LogP contribution is 2.37. The number of methoxy groups -OCH3 is 1. The Labute approximate surface area is 218 Å². The third-order valence-electron chi connectivity index (χ3n) is 7.32. The van der Waals surface area contributed by atoms with Gasteiger partial charge in [-0.3, -0.25) is 4.79 Å². The molecule has 10 heteroatoms. The van der Waals surface area contributed by atoms with E-state index in [1.54, 1.807) is 39.3 Å². The second-order valence-corrected chi connectivity index (χ2v) is 11.4. The third kappa shape index (κ3) is 4.83. The number of benzene rings is 1. The molecular weight excluding hydrogens is 490 g/mol. The first-order valence-electron chi connectivity index (χ1n) is 12.6. The molecule has 0 bridgehead atoms. The van der Waals surface area contributed by atoms with Crippen LogP contribution in [-0.2, 0) is 21.4 Å². The molecule has 4 heterocycles. The van der Waals surface area contributed by atoms with Gasteiger partial charge in [0.2, 0.25) is 15.9 Å². The number of hydrogen-bond donors (Lipinski definition) is 0. The summed E-state index contributed by atoms with van der Waals surface area (Å²) in [6.45, 7) is 6.96. The fraction of sp³-hybridized carbons (Fsp3) is 0.407. The molecule has 1 saturated heterocycles. The first kappa shape index (κ1) is 25.3. The molecule has 5 rings (SSSR count). The Hall–Kier alpha value is -3.37. The molecule has 0 saturated carbocycles. The maximum absolute atomic E-state index is 14.1. The van der Waals surface area contributed by atoms with E-state index in [0.29, 0.717) is 56.1 Å². The summed E-state index contributed by atoms with van der Waals surface area (Å²) in [6, 6.07) is 12.6. The number of piperazine rings is 1. The normalized spacial score (nSPS) is 18.5. The molecule has 196 valence electrons. The van der Waals surface area contributed by atoms with Crippen LogP contribution in [0.1, 0.15) is 29.3 Å². The average molecular weight is 524 g/mol. The number of pyridine rings is 1. The standard InChI is InChI=1S/C27H33N5O4S/c1-20-17-22(36-3)18-21(2)27(20)37(34,35)32-16-15-29-10-6-7-23(29)24(32)19-26(33)31-13-11-30(12-14-31)25-8-4-5-9-28-25/h4-10,17-18,24H,11-16,19H2,1-3H3. The molecule has 1 amide bonds. The van der Waals surface area contributed by atoms with Crippen molar-refractivity contribution in [3.8, 4) is 5.75 Å². The maximum atomic E-state index is 14.1. The van der Waals surface area contributed by atoms with Crippen molar-refractivity contribution in [1.29, 1.82) is 0 Å². The zero-order valence-corrected chi connectivity index (χ0v) is 22.3. The predicted molar refractivity (Wildman–Crippen MR) is 141 cm³/mol. The minimum atomic E-state index is -3.86. The lowest BCUT2D eigenvalue weighted by atomic mass is 10.1. The van der Waals surface area contributed by atoms with Gasteiger partial charge in [-0.25, -0.2) is 13.4 Å². The Kier molecular flexibility index (Phi) is 6.96. The van der Waals surface area contributed by atoms with E-state index >= 15 is 0 Å². The van der Waals surface area contributed by atoms with Crippen molar-refractivity contribution in [3.63, 3.8) is 0 Å². The van der Waals surface area contributed by atoms with E-state index in [2.05, 4.69) is 14.5 Å². The van der Waals surface area contributed by atoms with E-state index in [9.17, 15) is 13.2 Å². The number of aromatic nitrogens is 2. The van der Waals surface area contributed by atoms with Gasteiger partial charge in [-0.2, -0.15) is 4.31 Å². The number of aryl methyl sites for hydroxylation is 2. The van der Waals surface area contributed by atoms with Gasteiger partial charge < -0.3 is 19.1 Å². The van der Waals surface area contributed by atoms with Crippen LogP contribution in [0.2, 0.25) is 0 Å². The number of rotatable bonds is 6. The third-order valence-corrected chi connectivity index (χ3v) is 9.54. The van der Waals surface area contributed by atoms with Crippen molar-refractivity contribution in [2.75, 3.05) is 44.7 Å². The van der Waals surface area contributed by atoms with Crippen molar-refractivity contribution in [3.05, 3.63) is 71.7 Å². The van der Waals surface area contributed by atoms with Gasteiger partial charge in [-0.05, 0) is 61.4 Å². The highest BCUT2D eigenvalue weighted by molar-refractivity contribution is 7.89. The molecule has 1 atom stereocenters. The lowest BCUT2D eigenvalue weighted by Crippen LogP contribution is -2.50. The van der Waals surface area contributed by atoms with E-state index in [4.69, 9.17) is 4.74 Å². The van der Waals surface area contributed by atoms with Gasteiger partial charge >= 0.3 is 0 Å². The lowest BCUT2D eigenvalue weighted by Gasteiger charge is -2.39. The van der Waals surface area contributed by atoms with Crippen molar-refractivity contribution in [2.24, 2.45) is 0 Å².